The third kappa shape index (κ3) is 1.64. The third-order valence-corrected chi connectivity index (χ3v) is 3.87. The SMILES string of the molecule is CSc1cccc2c(SC)cccc12. The standard InChI is InChI=1S/C12H12S2/c1-13-11-7-3-6-10-9(11)5-4-8-12(10)14-2/h3-8H,1-2H3. The van der Waals surface area contributed by atoms with Gasteiger partial charge in [0, 0.05) is 9.79 Å². The van der Waals surface area contributed by atoms with E-state index >= 15 is 0 Å². The molecule has 2 rings (SSSR count). The van der Waals surface area contributed by atoms with Gasteiger partial charge in [-0.05, 0) is 35.4 Å². The van der Waals surface area contributed by atoms with E-state index in [1.807, 2.05) is 23.5 Å². The van der Waals surface area contributed by atoms with Crippen LogP contribution in [0.1, 0.15) is 0 Å². The highest BCUT2D eigenvalue weighted by Crippen LogP contribution is 2.31. The van der Waals surface area contributed by atoms with Gasteiger partial charge in [0.25, 0.3) is 0 Å². The molecular weight excluding hydrogens is 208 g/mol. The minimum atomic E-state index is 1.36. The Morgan fingerprint density at radius 2 is 1.14 bits per heavy atom. The molecule has 0 saturated heterocycles. The summed E-state index contributed by atoms with van der Waals surface area (Å²) in [4.78, 5) is 2.72. The average molecular weight is 220 g/mol. The van der Waals surface area contributed by atoms with Crippen LogP contribution < -0.4 is 0 Å². The zero-order valence-electron chi connectivity index (χ0n) is 8.28. The highest BCUT2D eigenvalue weighted by Gasteiger charge is 2.02. The van der Waals surface area contributed by atoms with E-state index in [2.05, 4.69) is 48.9 Å². The monoisotopic (exact) mass is 220 g/mol. The molecule has 0 atom stereocenters. The fourth-order valence-corrected chi connectivity index (χ4v) is 2.83. The van der Waals surface area contributed by atoms with Crippen LogP contribution in [0.25, 0.3) is 10.8 Å². The lowest BCUT2D eigenvalue weighted by molar-refractivity contribution is 1.48. The van der Waals surface area contributed by atoms with Gasteiger partial charge in [0.1, 0.15) is 0 Å². The van der Waals surface area contributed by atoms with Crippen molar-refractivity contribution in [2.45, 2.75) is 9.79 Å². The minimum Gasteiger partial charge on any atom is -0.129 e. The molecule has 0 amide bonds. The summed E-state index contributed by atoms with van der Waals surface area (Å²) >= 11 is 3.62. The van der Waals surface area contributed by atoms with Crippen molar-refractivity contribution in [2.75, 3.05) is 12.5 Å². The van der Waals surface area contributed by atoms with E-state index in [0.29, 0.717) is 0 Å². The van der Waals surface area contributed by atoms with Crippen LogP contribution in [0.5, 0.6) is 0 Å². The molecule has 0 aliphatic heterocycles. The number of benzene rings is 2. The van der Waals surface area contributed by atoms with Crippen LogP contribution in [0.3, 0.4) is 0 Å². The number of hydrogen-bond donors (Lipinski definition) is 0. The van der Waals surface area contributed by atoms with Crippen molar-refractivity contribution < 1.29 is 0 Å². The smallest absolute Gasteiger partial charge is 0.0148 e. The van der Waals surface area contributed by atoms with Crippen LogP contribution in [0.2, 0.25) is 0 Å². The van der Waals surface area contributed by atoms with Crippen molar-refractivity contribution >= 4 is 34.3 Å². The molecule has 0 heterocycles. The van der Waals surface area contributed by atoms with Gasteiger partial charge in [-0.15, -0.1) is 23.5 Å². The highest BCUT2D eigenvalue weighted by atomic mass is 32.2. The van der Waals surface area contributed by atoms with E-state index < -0.39 is 0 Å². The Balaban J connectivity index is 2.77. The summed E-state index contributed by atoms with van der Waals surface area (Å²) in [5.74, 6) is 0. The second kappa shape index (κ2) is 4.28. The van der Waals surface area contributed by atoms with E-state index in [4.69, 9.17) is 0 Å². The Labute approximate surface area is 93.1 Å². The summed E-state index contributed by atoms with van der Waals surface area (Å²) in [6.07, 6.45) is 4.25. The number of fused-ring (bicyclic) bond motifs is 1. The maximum absolute atomic E-state index is 2.20. The van der Waals surface area contributed by atoms with Crippen molar-refractivity contribution in [1.82, 2.24) is 0 Å². The van der Waals surface area contributed by atoms with Crippen LogP contribution in [0.4, 0.5) is 0 Å². The molecule has 2 aromatic rings. The van der Waals surface area contributed by atoms with Gasteiger partial charge in [-0.25, -0.2) is 0 Å². The van der Waals surface area contributed by atoms with Gasteiger partial charge < -0.3 is 0 Å². The zero-order chi connectivity index (χ0) is 9.97. The molecular formula is C12H12S2. The molecule has 0 radical (unpaired) electrons. The molecule has 0 saturated carbocycles. The Morgan fingerprint density at radius 1 is 0.714 bits per heavy atom. The number of thioether (sulfide) groups is 2. The van der Waals surface area contributed by atoms with Gasteiger partial charge in [-0.3, -0.25) is 0 Å². The van der Waals surface area contributed by atoms with Crippen molar-refractivity contribution in [3.05, 3.63) is 36.4 Å². The van der Waals surface area contributed by atoms with Crippen molar-refractivity contribution in [2.24, 2.45) is 0 Å². The summed E-state index contributed by atoms with van der Waals surface area (Å²) in [7, 11) is 0. The number of rotatable bonds is 2. The van der Waals surface area contributed by atoms with Gasteiger partial charge in [-0.1, -0.05) is 24.3 Å². The first-order valence-corrected chi connectivity index (χ1v) is 6.91. The molecule has 0 aromatic heterocycles. The van der Waals surface area contributed by atoms with Crippen molar-refractivity contribution in [3.8, 4) is 0 Å². The Bertz CT molecular complexity index is 406. The van der Waals surface area contributed by atoms with Crippen LogP contribution >= 0.6 is 23.5 Å². The van der Waals surface area contributed by atoms with Crippen molar-refractivity contribution in [3.63, 3.8) is 0 Å². The fourth-order valence-electron chi connectivity index (χ4n) is 1.61. The molecule has 0 N–H and O–H groups in total. The summed E-state index contributed by atoms with van der Waals surface area (Å²) in [5, 5.41) is 2.73. The molecule has 0 aliphatic carbocycles. The summed E-state index contributed by atoms with van der Waals surface area (Å²) in [6.45, 7) is 0. The maximum Gasteiger partial charge on any atom is 0.0148 e. The Hall–Kier alpha value is -0.600. The Kier molecular flexibility index (Phi) is 3.04. The topological polar surface area (TPSA) is 0 Å². The van der Waals surface area contributed by atoms with E-state index in [9.17, 15) is 0 Å². The normalized spacial score (nSPS) is 10.7. The maximum atomic E-state index is 2.20. The van der Waals surface area contributed by atoms with Gasteiger partial charge in [-0.2, -0.15) is 0 Å². The van der Waals surface area contributed by atoms with E-state index in [0.717, 1.165) is 0 Å². The first-order valence-electron chi connectivity index (χ1n) is 4.46. The molecule has 0 aliphatic rings. The van der Waals surface area contributed by atoms with Crippen LogP contribution in [-0.2, 0) is 0 Å². The van der Waals surface area contributed by atoms with Gasteiger partial charge in [0.15, 0.2) is 0 Å². The van der Waals surface area contributed by atoms with E-state index in [1.165, 1.54) is 20.6 Å². The molecule has 0 fully saturated rings. The first-order chi connectivity index (χ1) is 6.86. The second-order valence-electron chi connectivity index (χ2n) is 3.02. The van der Waals surface area contributed by atoms with Gasteiger partial charge >= 0.3 is 0 Å². The third-order valence-electron chi connectivity index (χ3n) is 2.28. The second-order valence-corrected chi connectivity index (χ2v) is 4.71. The molecule has 0 spiro atoms. The van der Waals surface area contributed by atoms with Gasteiger partial charge in [0.2, 0.25) is 0 Å². The quantitative estimate of drug-likeness (QED) is 0.693. The molecule has 0 unspecified atom stereocenters. The molecule has 0 nitrogen and oxygen atoms in total. The Morgan fingerprint density at radius 3 is 1.50 bits per heavy atom. The molecule has 0 bridgehead atoms. The summed E-state index contributed by atoms with van der Waals surface area (Å²) < 4.78 is 0. The fraction of sp³-hybridized carbons (Fsp3) is 0.167. The molecule has 14 heavy (non-hydrogen) atoms. The lowest BCUT2D eigenvalue weighted by Crippen LogP contribution is -1.79. The predicted molar refractivity (Wildman–Crippen MR) is 67.5 cm³/mol. The zero-order valence-corrected chi connectivity index (χ0v) is 9.91. The lowest BCUT2D eigenvalue weighted by atomic mass is 10.1. The van der Waals surface area contributed by atoms with E-state index in [-0.39, 0.29) is 0 Å². The summed E-state index contributed by atoms with van der Waals surface area (Å²) in [5.41, 5.74) is 0. The average Bonchev–Trinajstić information content (AvgIpc) is 2.27. The minimum absolute atomic E-state index is 1.36. The number of hydrogen-bond acceptors (Lipinski definition) is 2. The van der Waals surface area contributed by atoms with Crippen molar-refractivity contribution in [1.29, 1.82) is 0 Å². The molecule has 72 valence electrons. The van der Waals surface area contributed by atoms with Crippen LogP contribution in [0.15, 0.2) is 46.2 Å². The van der Waals surface area contributed by atoms with Crippen LogP contribution in [-0.4, -0.2) is 12.5 Å². The first kappa shape index (κ1) is 9.94. The van der Waals surface area contributed by atoms with E-state index in [1.54, 1.807) is 0 Å². The highest BCUT2D eigenvalue weighted by molar-refractivity contribution is 7.99. The summed E-state index contributed by atoms with van der Waals surface area (Å²) in [6, 6.07) is 13.0. The molecule has 2 heteroatoms. The largest absolute Gasteiger partial charge is 0.129 e. The predicted octanol–water partition coefficient (Wildman–Crippen LogP) is 4.28. The lowest BCUT2D eigenvalue weighted by Gasteiger charge is -2.06. The van der Waals surface area contributed by atoms with Gasteiger partial charge in [0.05, 0.1) is 0 Å². The molecule has 2 aromatic carbocycles. The van der Waals surface area contributed by atoms with Crippen LogP contribution in [0, 0.1) is 0 Å².